The van der Waals surface area contributed by atoms with E-state index >= 15 is 0 Å². The predicted molar refractivity (Wildman–Crippen MR) is 74.0 cm³/mol. The highest BCUT2D eigenvalue weighted by atomic mass is 19.4. The van der Waals surface area contributed by atoms with Crippen LogP contribution in [0, 0.1) is 0 Å². The molecule has 0 radical (unpaired) electrons. The molecule has 1 aromatic rings. The fraction of sp³-hybridized carbons (Fsp3) is 0.714. The third kappa shape index (κ3) is 4.46. The molecule has 0 aromatic heterocycles. The summed E-state index contributed by atoms with van der Waals surface area (Å²) >= 11 is 0. The Balaban J connectivity index is 3.11. The second kappa shape index (κ2) is 8.65. The van der Waals surface area contributed by atoms with Gasteiger partial charge in [-0.15, -0.1) is 0 Å². The number of halogens is 16. The van der Waals surface area contributed by atoms with Crippen LogP contribution in [0.3, 0.4) is 0 Å². The first-order chi connectivity index (χ1) is 14.9. The Labute approximate surface area is 174 Å². The van der Waals surface area contributed by atoms with Gasteiger partial charge in [-0.25, -0.2) is 17.6 Å². The maximum absolute atomic E-state index is 13.3. The molecule has 0 atom stereocenters. The van der Waals surface area contributed by atoms with Crippen molar-refractivity contribution in [3.63, 3.8) is 0 Å². The van der Waals surface area contributed by atoms with Crippen LogP contribution in [-0.4, -0.2) is 61.6 Å². The van der Waals surface area contributed by atoms with Gasteiger partial charge in [0.15, 0.2) is 13.2 Å². The Morgan fingerprint density at radius 1 is 0.529 bits per heavy atom. The molecule has 34 heavy (non-hydrogen) atoms. The van der Waals surface area contributed by atoms with Gasteiger partial charge in [0.25, 0.3) is 10.9 Å². The van der Waals surface area contributed by atoms with Gasteiger partial charge in [0.1, 0.15) is 0 Å². The quantitative estimate of drug-likeness (QED) is 0.291. The summed E-state index contributed by atoms with van der Waals surface area (Å²) in [7, 11) is 0. The second-order valence-electron chi connectivity index (χ2n) is 6.30. The molecule has 0 aliphatic rings. The van der Waals surface area contributed by atoms with Crippen LogP contribution in [0.15, 0.2) is 9.59 Å². The summed E-state index contributed by atoms with van der Waals surface area (Å²) in [6, 6.07) is 0. The average molecular weight is 542 g/mol. The summed E-state index contributed by atoms with van der Waals surface area (Å²) in [5.74, 6) is -43.8. The molecule has 0 unspecified atom stereocenters. The van der Waals surface area contributed by atoms with E-state index in [1.165, 1.54) is 0 Å². The molecular weight excluding hydrogens is 536 g/mol. The molecule has 0 heterocycles. The monoisotopic (exact) mass is 542 g/mol. The molecule has 0 saturated carbocycles. The lowest BCUT2D eigenvalue weighted by Crippen LogP contribution is -2.60. The maximum atomic E-state index is 13.3. The molecular formula is C14H6F16O4. The summed E-state index contributed by atoms with van der Waals surface area (Å²) in [6.45, 7) is -6.22. The third-order valence-electron chi connectivity index (χ3n) is 3.92. The predicted octanol–water partition coefficient (Wildman–Crippen LogP) is 4.38. The minimum absolute atomic E-state index is 2.07. The zero-order valence-electron chi connectivity index (χ0n) is 15.2. The molecule has 0 fully saturated rings. The number of alkyl halides is 16. The van der Waals surface area contributed by atoms with E-state index in [1.54, 1.807) is 0 Å². The Bertz CT molecular complexity index is 870. The maximum Gasteiger partial charge on any atom is 0.381 e. The molecule has 0 saturated heterocycles. The van der Waals surface area contributed by atoms with Crippen LogP contribution in [0.1, 0.15) is 0 Å². The van der Waals surface area contributed by atoms with Crippen molar-refractivity contribution in [2.45, 2.75) is 48.4 Å². The van der Waals surface area contributed by atoms with Crippen molar-refractivity contribution in [3.8, 4) is 11.5 Å². The molecule has 0 aliphatic heterocycles. The van der Waals surface area contributed by atoms with Crippen LogP contribution in [-0.2, 0) is 0 Å². The number of ether oxygens (including phenoxy) is 2. The van der Waals surface area contributed by atoms with Gasteiger partial charge in [-0.2, -0.15) is 52.7 Å². The Morgan fingerprint density at radius 2 is 0.765 bits per heavy atom. The van der Waals surface area contributed by atoms with Crippen molar-refractivity contribution in [3.05, 3.63) is 20.4 Å². The molecule has 0 spiro atoms. The highest BCUT2D eigenvalue weighted by Gasteiger charge is 2.76. The van der Waals surface area contributed by atoms with Crippen LogP contribution in [0.5, 0.6) is 11.5 Å². The van der Waals surface area contributed by atoms with E-state index < -0.39 is 84.0 Å². The molecule has 0 bridgehead atoms. The minimum atomic E-state index is -6.87. The summed E-state index contributed by atoms with van der Waals surface area (Å²) in [6.07, 6.45) is -10.7. The van der Waals surface area contributed by atoms with Gasteiger partial charge in [-0.3, -0.25) is 9.59 Å². The fourth-order valence-corrected chi connectivity index (χ4v) is 1.88. The van der Waals surface area contributed by atoms with Crippen LogP contribution in [0.2, 0.25) is 0 Å². The van der Waals surface area contributed by atoms with Crippen molar-refractivity contribution < 1.29 is 79.7 Å². The smallest absolute Gasteiger partial charge is 0.381 e. The van der Waals surface area contributed by atoms with E-state index in [0.717, 1.165) is 0 Å². The van der Waals surface area contributed by atoms with E-state index in [-0.39, 0.29) is 0 Å². The first-order valence-corrected chi connectivity index (χ1v) is 7.82. The summed E-state index contributed by atoms with van der Waals surface area (Å²) in [4.78, 5) is 22.3. The van der Waals surface area contributed by atoms with Gasteiger partial charge in [0.2, 0.25) is 11.5 Å². The van der Waals surface area contributed by atoms with E-state index in [0.29, 0.717) is 0 Å². The molecule has 0 aliphatic carbocycles. The van der Waals surface area contributed by atoms with Crippen LogP contribution < -0.4 is 20.3 Å². The summed E-state index contributed by atoms with van der Waals surface area (Å²) in [5.41, 5.74) is -4.38. The molecule has 20 heteroatoms. The van der Waals surface area contributed by atoms with Crippen molar-refractivity contribution in [2.75, 3.05) is 13.2 Å². The van der Waals surface area contributed by atoms with Crippen molar-refractivity contribution in [1.82, 2.24) is 0 Å². The van der Waals surface area contributed by atoms with Crippen LogP contribution >= 0.6 is 0 Å². The number of hydrogen-bond acceptors (Lipinski definition) is 4. The molecule has 0 N–H and O–H groups in total. The summed E-state index contributed by atoms with van der Waals surface area (Å²) < 4.78 is 212. The SMILES string of the molecule is O=c1c(OCC(F)(F)C(F)(F)C(F)(F)C(F)F)c(OCC(F)(F)C(F)(F)C(F)(F)C(F)F)c1=O. The van der Waals surface area contributed by atoms with Crippen LogP contribution in [0.4, 0.5) is 70.2 Å². The van der Waals surface area contributed by atoms with Crippen molar-refractivity contribution in [1.29, 1.82) is 0 Å². The van der Waals surface area contributed by atoms with E-state index in [4.69, 9.17) is 0 Å². The molecule has 4 nitrogen and oxygen atoms in total. The van der Waals surface area contributed by atoms with E-state index in [9.17, 15) is 79.8 Å². The standard InChI is InChI=1S/C14H6F16O4/c15-7(16)11(23,24)13(27,28)9(19,20)1-33-5-3(31)4(32)6(5)34-2-10(21,22)14(29,30)12(25,26)8(17)18/h7-8H,1-2H2. The number of rotatable bonds is 12. The Morgan fingerprint density at radius 3 is 0.971 bits per heavy atom. The first-order valence-electron chi connectivity index (χ1n) is 7.82. The highest BCUT2D eigenvalue weighted by Crippen LogP contribution is 2.50. The third-order valence-corrected chi connectivity index (χ3v) is 3.92. The number of hydrogen-bond donors (Lipinski definition) is 0. The average Bonchev–Trinajstić information content (AvgIpc) is 2.68. The normalized spacial score (nSPS) is 14.9. The first kappa shape index (κ1) is 29.6. The highest BCUT2D eigenvalue weighted by molar-refractivity contribution is 5.46. The minimum Gasteiger partial charge on any atom is -0.479 e. The topological polar surface area (TPSA) is 52.6 Å². The largest absolute Gasteiger partial charge is 0.479 e. The second-order valence-corrected chi connectivity index (χ2v) is 6.30. The zero-order chi connectivity index (χ0) is 27.3. The fourth-order valence-electron chi connectivity index (χ4n) is 1.88. The van der Waals surface area contributed by atoms with Gasteiger partial charge in [0, 0.05) is 0 Å². The lowest BCUT2D eigenvalue weighted by Gasteiger charge is -2.32. The van der Waals surface area contributed by atoms with Gasteiger partial charge < -0.3 is 9.47 Å². The van der Waals surface area contributed by atoms with Crippen molar-refractivity contribution >= 4 is 0 Å². The van der Waals surface area contributed by atoms with E-state index in [1.807, 2.05) is 0 Å². The van der Waals surface area contributed by atoms with Gasteiger partial charge >= 0.3 is 48.4 Å². The van der Waals surface area contributed by atoms with Crippen molar-refractivity contribution in [2.24, 2.45) is 0 Å². The lowest BCUT2D eigenvalue weighted by atomic mass is 10.1. The van der Waals surface area contributed by atoms with Gasteiger partial charge in [-0.05, 0) is 0 Å². The van der Waals surface area contributed by atoms with Gasteiger partial charge in [-0.1, -0.05) is 0 Å². The molecule has 1 aromatic carbocycles. The van der Waals surface area contributed by atoms with E-state index in [2.05, 4.69) is 9.47 Å². The molecule has 1 rings (SSSR count). The summed E-state index contributed by atoms with van der Waals surface area (Å²) in [5, 5.41) is 0. The zero-order valence-corrected chi connectivity index (χ0v) is 15.2. The Hall–Kier alpha value is -2.44. The molecule has 198 valence electrons. The molecule has 0 amide bonds. The lowest BCUT2D eigenvalue weighted by molar-refractivity contribution is -0.343. The van der Waals surface area contributed by atoms with Gasteiger partial charge in [0.05, 0.1) is 0 Å². The van der Waals surface area contributed by atoms with Crippen LogP contribution in [0.25, 0.3) is 0 Å². The Kier molecular flexibility index (Phi) is 7.53.